The van der Waals surface area contributed by atoms with Gasteiger partial charge in [-0.1, -0.05) is 6.07 Å². The van der Waals surface area contributed by atoms with Crippen LogP contribution in [0.4, 0.5) is 4.79 Å². The van der Waals surface area contributed by atoms with E-state index in [1.165, 1.54) is 31.4 Å². The molecular weight excluding hydrogens is 282 g/mol. The van der Waals surface area contributed by atoms with E-state index in [9.17, 15) is 19.8 Å². The molecule has 6 nitrogen and oxygen atoms in total. The lowest BCUT2D eigenvalue weighted by Gasteiger charge is -2.10. The molecular formula is C13H13NO5S. The lowest BCUT2D eigenvalue weighted by atomic mass is 10.2. The maximum Gasteiger partial charge on any atom is 0.293 e. The van der Waals surface area contributed by atoms with E-state index in [4.69, 9.17) is 4.74 Å². The number of imide groups is 1. The fourth-order valence-electron chi connectivity index (χ4n) is 1.66. The summed E-state index contributed by atoms with van der Waals surface area (Å²) in [4.78, 5) is 25.1. The molecule has 0 aromatic heterocycles. The predicted octanol–water partition coefficient (Wildman–Crippen LogP) is 1.78. The third kappa shape index (κ3) is 2.94. The number of nitrogens with zero attached hydrogens (tertiary/aromatic N) is 1. The van der Waals surface area contributed by atoms with Gasteiger partial charge in [0.15, 0.2) is 11.5 Å². The van der Waals surface area contributed by atoms with Crippen LogP contribution < -0.4 is 0 Å². The smallest absolute Gasteiger partial charge is 0.293 e. The zero-order chi connectivity index (χ0) is 14.7. The molecule has 0 radical (unpaired) electrons. The molecule has 0 bridgehead atoms. The van der Waals surface area contributed by atoms with Crippen molar-refractivity contribution >= 4 is 29.0 Å². The summed E-state index contributed by atoms with van der Waals surface area (Å²) in [5.41, 5.74) is 0.526. The van der Waals surface area contributed by atoms with Crippen LogP contribution in [0.5, 0.6) is 11.5 Å². The van der Waals surface area contributed by atoms with Crippen molar-refractivity contribution in [2.45, 2.75) is 0 Å². The van der Waals surface area contributed by atoms with Crippen molar-refractivity contribution < 1.29 is 24.5 Å². The van der Waals surface area contributed by atoms with Crippen LogP contribution in [-0.4, -0.2) is 46.5 Å². The summed E-state index contributed by atoms with van der Waals surface area (Å²) >= 11 is 0.836. The van der Waals surface area contributed by atoms with Crippen molar-refractivity contribution in [3.05, 3.63) is 28.7 Å². The summed E-state index contributed by atoms with van der Waals surface area (Å²) in [5, 5.41) is 18.3. The molecule has 0 unspecified atom stereocenters. The number of methoxy groups -OCH3 is 1. The second-order valence-corrected chi connectivity index (χ2v) is 5.07. The van der Waals surface area contributed by atoms with Crippen molar-refractivity contribution in [2.24, 2.45) is 0 Å². The Morgan fingerprint density at radius 1 is 1.30 bits per heavy atom. The second-order valence-electron chi connectivity index (χ2n) is 4.07. The third-order valence-corrected chi connectivity index (χ3v) is 3.60. The number of carbonyl (C=O) groups is 2. The Morgan fingerprint density at radius 2 is 2.05 bits per heavy atom. The van der Waals surface area contributed by atoms with Crippen molar-refractivity contribution in [3.8, 4) is 11.5 Å². The Labute approximate surface area is 119 Å². The van der Waals surface area contributed by atoms with Gasteiger partial charge in [0.2, 0.25) is 0 Å². The number of benzene rings is 1. The molecule has 1 fully saturated rings. The van der Waals surface area contributed by atoms with E-state index in [1.807, 2.05) is 0 Å². The molecule has 1 saturated heterocycles. The molecule has 1 aliphatic rings. The number of phenolic OH excluding ortho intramolecular Hbond substituents is 2. The maximum absolute atomic E-state index is 12.0. The van der Waals surface area contributed by atoms with Gasteiger partial charge in [-0.05, 0) is 35.5 Å². The highest BCUT2D eigenvalue weighted by molar-refractivity contribution is 8.18. The number of phenols is 2. The molecule has 20 heavy (non-hydrogen) atoms. The number of carbonyl (C=O) groups excluding carboxylic acids is 2. The highest BCUT2D eigenvalue weighted by atomic mass is 32.2. The van der Waals surface area contributed by atoms with Gasteiger partial charge in [-0.2, -0.15) is 0 Å². The molecule has 2 amide bonds. The van der Waals surface area contributed by atoms with Crippen molar-refractivity contribution in [1.82, 2.24) is 4.90 Å². The number of thioether (sulfide) groups is 1. The molecule has 0 saturated carbocycles. The molecule has 1 aliphatic heterocycles. The monoisotopic (exact) mass is 295 g/mol. The van der Waals surface area contributed by atoms with Crippen LogP contribution in [0.15, 0.2) is 23.1 Å². The standard InChI is InChI=1S/C13H13NO5S/c1-19-5-4-14-12(17)11(20-13(14)18)7-8-2-3-9(15)10(16)6-8/h2-3,6-7,15-16H,4-5H2,1H3/b11-7+. The summed E-state index contributed by atoms with van der Waals surface area (Å²) in [7, 11) is 1.49. The van der Waals surface area contributed by atoms with Gasteiger partial charge in [0.25, 0.3) is 11.1 Å². The van der Waals surface area contributed by atoms with E-state index < -0.39 is 0 Å². The number of hydrogen-bond donors (Lipinski definition) is 2. The molecule has 2 N–H and O–H groups in total. The number of amides is 2. The topological polar surface area (TPSA) is 87.1 Å². The van der Waals surface area contributed by atoms with Crippen molar-refractivity contribution in [3.63, 3.8) is 0 Å². The zero-order valence-corrected chi connectivity index (χ0v) is 11.5. The Bertz CT molecular complexity index is 584. The fourth-order valence-corrected chi connectivity index (χ4v) is 2.52. The van der Waals surface area contributed by atoms with Gasteiger partial charge in [0.1, 0.15) is 0 Å². The number of rotatable bonds is 4. The quantitative estimate of drug-likeness (QED) is 0.650. The number of hydrogen-bond acceptors (Lipinski definition) is 6. The van der Waals surface area contributed by atoms with Gasteiger partial charge in [-0.25, -0.2) is 0 Å². The third-order valence-electron chi connectivity index (χ3n) is 2.69. The van der Waals surface area contributed by atoms with Crippen LogP contribution >= 0.6 is 11.8 Å². The van der Waals surface area contributed by atoms with Crippen molar-refractivity contribution in [1.29, 1.82) is 0 Å². The normalized spacial score (nSPS) is 17.2. The van der Waals surface area contributed by atoms with Crippen LogP contribution in [0.3, 0.4) is 0 Å². The fraction of sp³-hybridized carbons (Fsp3) is 0.231. The first-order valence-electron chi connectivity index (χ1n) is 5.79. The lowest BCUT2D eigenvalue weighted by Crippen LogP contribution is -2.31. The van der Waals surface area contributed by atoms with E-state index >= 15 is 0 Å². The minimum absolute atomic E-state index is 0.208. The van der Waals surface area contributed by atoms with Crippen LogP contribution in [0, 0.1) is 0 Å². The summed E-state index contributed by atoms with van der Waals surface area (Å²) in [6.45, 7) is 0.491. The van der Waals surface area contributed by atoms with Gasteiger partial charge in [-0.15, -0.1) is 0 Å². The Morgan fingerprint density at radius 3 is 2.70 bits per heavy atom. The van der Waals surface area contributed by atoms with Crippen LogP contribution in [0.1, 0.15) is 5.56 Å². The molecule has 106 valence electrons. The van der Waals surface area contributed by atoms with Gasteiger partial charge in [-0.3, -0.25) is 14.5 Å². The zero-order valence-electron chi connectivity index (χ0n) is 10.7. The summed E-state index contributed by atoms with van der Waals surface area (Å²) < 4.78 is 4.85. The first-order valence-corrected chi connectivity index (χ1v) is 6.61. The SMILES string of the molecule is COCCN1C(=O)S/C(=C/c2ccc(O)c(O)c2)C1=O. The van der Waals surface area contributed by atoms with E-state index in [0.717, 1.165) is 16.7 Å². The van der Waals surface area contributed by atoms with Crippen LogP contribution in [-0.2, 0) is 9.53 Å². The largest absolute Gasteiger partial charge is 0.504 e. The average molecular weight is 295 g/mol. The Hall–Kier alpha value is -1.99. The van der Waals surface area contributed by atoms with Crippen LogP contribution in [0.25, 0.3) is 6.08 Å². The molecule has 0 atom stereocenters. The van der Waals surface area contributed by atoms with Crippen LogP contribution in [0.2, 0.25) is 0 Å². The summed E-state index contributed by atoms with van der Waals surface area (Å²) in [6, 6.07) is 4.17. The van der Waals surface area contributed by atoms with Gasteiger partial charge < -0.3 is 14.9 Å². The summed E-state index contributed by atoms with van der Waals surface area (Å²) in [6.07, 6.45) is 1.50. The molecule has 0 aliphatic carbocycles. The second kappa shape index (κ2) is 5.98. The van der Waals surface area contributed by atoms with Crippen molar-refractivity contribution in [2.75, 3.05) is 20.3 Å². The average Bonchev–Trinajstić information content (AvgIpc) is 2.67. The van der Waals surface area contributed by atoms with Gasteiger partial charge in [0.05, 0.1) is 18.1 Å². The number of ether oxygens (including phenoxy) is 1. The minimum atomic E-state index is -0.385. The Kier molecular flexibility index (Phi) is 4.31. The highest BCUT2D eigenvalue weighted by Gasteiger charge is 2.34. The highest BCUT2D eigenvalue weighted by Crippen LogP contribution is 2.33. The first kappa shape index (κ1) is 14.4. The van der Waals surface area contributed by atoms with E-state index in [2.05, 4.69) is 0 Å². The Balaban J connectivity index is 2.20. The maximum atomic E-state index is 12.0. The predicted molar refractivity (Wildman–Crippen MR) is 74.3 cm³/mol. The molecule has 1 aromatic carbocycles. The molecule has 1 aromatic rings. The molecule has 1 heterocycles. The lowest BCUT2D eigenvalue weighted by molar-refractivity contribution is -0.123. The minimum Gasteiger partial charge on any atom is -0.504 e. The van der Waals surface area contributed by atoms with E-state index in [0.29, 0.717) is 5.56 Å². The molecule has 2 rings (SSSR count). The molecule has 7 heteroatoms. The van der Waals surface area contributed by atoms with Gasteiger partial charge in [0, 0.05) is 7.11 Å². The van der Waals surface area contributed by atoms with E-state index in [-0.39, 0.29) is 40.7 Å². The van der Waals surface area contributed by atoms with Gasteiger partial charge >= 0.3 is 0 Å². The van der Waals surface area contributed by atoms with E-state index in [1.54, 1.807) is 0 Å². The molecule has 0 spiro atoms. The summed E-state index contributed by atoms with van der Waals surface area (Å²) in [5.74, 6) is -0.905. The number of aromatic hydroxyl groups is 2. The first-order chi connectivity index (χ1) is 9.52.